The highest BCUT2D eigenvalue weighted by Crippen LogP contribution is 2.15. The monoisotopic (exact) mass is 485 g/mol. The number of aromatic nitrogens is 1. The quantitative estimate of drug-likeness (QED) is 0.249. The lowest BCUT2D eigenvalue weighted by molar-refractivity contribution is -0.127. The van der Waals surface area contributed by atoms with E-state index in [1.54, 1.807) is 19.0 Å². The molecule has 1 aromatic heterocycles. The highest BCUT2D eigenvalue weighted by Gasteiger charge is 2.04. The standard InChI is InChI=1S/C20H31N5O.HI/c1-4-5-12-21-20(23-16-19(26)24(2)3)22-13-8-14-25-15-11-17-9-6-7-10-18(17)25;/h6-7,9-11,15H,4-5,8,12-14,16H2,1-3H3,(H2,21,22,23);1H. The van der Waals surface area contributed by atoms with Crippen molar-refractivity contribution in [3.8, 4) is 0 Å². The number of para-hydroxylation sites is 1. The first-order valence-electron chi connectivity index (χ1n) is 9.38. The number of nitrogens with one attached hydrogen (secondary N) is 2. The van der Waals surface area contributed by atoms with E-state index >= 15 is 0 Å². The molecular formula is C20H32IN5O. The fourth-order valence-corrected chi connectivity index (χ4v) is 2.64. The van der Waals surface area contributed by atoms with Gasteiger partial charge in [0.25, 0.3) is 0 Å². The molecule has 1 heterocycles. The van der Waals surface area contributed by atoms with Crippen LogP contribution in [0.5, 0.6) is 0 Å². The van der Waals surface area contributed by atoms with Gasteiger partial charge in [0.05, 0.1) is 0 Å². The first kappa shape index (κ1) is 23.3. The van der Waals surface area contributed by atoms with Gasteiger partial charge in [0, 0.05) is 45.4 Å². The van der Waals surface area contributed by atoms with Crippen LogP contribution in [0.15, 0.2) is 41.5 Å². The summed E-state index contributed by atoms with van der Waals surface area (Å²) in [5.41, 5.74) is 1.26. The number of halogens is 1. The fraction of sp³-hybridized carbons (Fsp3) is 0.500. The maximum absolute atomic E-state index is 11.7. The molecule has 1 aromatic carbocycles. The first-order valence-corrected chi connectivity index (χ1v) is 9.38. The molecule has 0 atom stereocenters. The Kier molecular flexibility index (Phi) is 10.8. The molecule has 0 unspecified atom stereocenters. The Bertz CT molecular complexity index is 726. The predicted molar refractivity (Wildman–Crippen MR) is 124 cm³/mol. The van der Waals surface area contributed by atoms with Crippen LogP contribution in [-0.4, -0.2) is 55.1 Å². The maximum Gasteiger partial charge on any atom is 0.243 e. The van der Waals surface area contributed by atoms with Gasteiger partial charge < -0.3 is 20.1 Å². The molecule has 0 aliphatic rings. The summed E-state index contributed by atoms with van der Waals surface area (Å²) in [6.45, 7) is 4.93. The summed E-state index contributed by atoms with van der Waals surface area (Å²) in [5.74, 6) is 0.714. The second-order valence-electron chi connectivity index (χ2n) is 6.58. The van der Waals surface area contributed by atoms with Crippen LogP contribution in [0.25, 0.3) is 10.9 Å². The topological polar surface area (TPSA) is 61.7 Å². The summed E-state index contributed by atoms with van der Waals surface area (Å²) in [6, 6.07) is 10.6. The minimum Gasteiger partial charge on any atom is -0.356 e. The molecule has 0 spiro atoms. The van der Waals surface area contributed by atoms with E-state index in [0.717, 1.165) is 38.9 Å². The van der Waals surface area contributed by atoms with E-state index in [4.69, 9.17) is 0 Å². The Morgan fingerprint density at radius 1 is 1.11 bits per heavy atom. The second-order valence-corrected chi connectivity index (χ2v) is 6.58. The number of carbonyl (C=O) groups is 1. The third kappa shape index (κ3) is 7.78. The molecular weight excluding hydrogens is 453 g/mol. The van der Waals surface area contributed by atoms with E-state index < -0.39 is 0 Å². The van der Waals surface area contributed by atoms with Gasteiger partial charge in [-0.2, -0.15) is 0 Å². The van der Waals surface area contributed by atoms with Gasteiger partial charge in [0.15, 0.2) is 5.96 Å². The van der Waals surface area contributed by atoms with Crippen LogP contribution in [0.2, 0.25) is 0 Å². The summed E-state index contributed by atoms with van der Waals surface area (Å²) in [6.07, 6.45) is 5.32. The van der Waals surface area contributed by atoms with E-state index in [-0.39, 0.29) is 36.4 Å². The number of carbonyl (C=O) groups excluding carboxylic acids is 1. The number of benzene rings is 1. The van der Waals surface area contributed by atoms with E-state index in [1.165, 1.54) is 10.9 Å². The largest absolute Gasteiger partial charge is 0.356 e. The van der Waals surface area contributed by atoms with Crippen molar-refractivity contribution in [3.63, 3.8) is 0 Å². The highest BCUT2D eigenvalue weighted by atomic mass is 127. The molecule has 1 amide bonds. The van der Waals surface area contributed by atoms with Crippen molar-refractivity contribution in [3.05, 3.63) is 36.5 Å². The zero-order valence-corrected chi connectivity index (χ0v) is 18.9. The molecule has 0 aliphatic carbocycles. The first-order chi connectivity index (χ1) is 12.6. The molecule has 2 rings (SSSR count). The molecule has 150 valence electrons. The minimum absolute atomic E-state index is 0. The number of fused-ring (bicyclic) bond motifs is 1. The molecule has 0 radical (unpaired) electrons. The Hall–Kier alpha value is -1.77. The number of amides is 1. The van der Waals surface area contributed by atoms with Crippen LogP contribution < -0.4 is 10.6 Å². The third-order valence-electron chi connectivity index (χ3n) is 4.24. The van der Waals surface area contributed by atoms with E-state index in [0.29, 0.717) is 5.96 Å². The zero-order valence-electron chi connectivity index (χ0n) is 16.6. The molecule has 0 saturated heterocycles. The van der Waals surface area contributed by atoms with Crippen LogP contribution in [0.1, 0.15) is 26.2 Å². The van der Waals surface area contributed by atoms with E-state index in [9.17, 15) is 4.79 Å². The van der Waals surface area contributed by atoms with Gasteiger partial charge in [0.2, 0.25) is 5.91 Å². The average Bonchev–Trinajstić information content (AvgIpc) is 3.05. The van der Waals surface area contributed by atoms with Crippen LogP contribution >= 0.6 is 24.0 Å². The van der Waals surface area contributed by atoms with Crippen LogP contribution in [0.4, 0.5) is 0 Å². The third-order valence-corrected chi connectivity index (χ3v) is 4.24. The van der Waals surface area contributed by atoms with Crippen molar-refractivity contribution in [2.24, 2.45) is 4.99 Å². The molecule has 2 aromatic rings. The smallest absolute Gasteiger partial charge is 0.243 e. The molecule has 0 saturated carbocycles. The lowest BCUT2D eigenvalue weighted by Crippen LogP contribution is -2.39. The molecule has 7 heteroatoms. The van der Waals surface area contributed by atoms with Gasteiger partial charge in [-0.1, -0.05) is 31.5 Å². The number of unbranched alkanes of at least 4 members (excludes halogenated alkanes) is 1. The van der Waals surface area contributed by atoms with Gasteiger partial charge in [-0.3, -0.25) is 4.79 Å². The predicted octanol–water partition coefficient (Wildman–Crippen LogP) is 3.07. The van der Waals surface area contributed by atoms with Crippen molar-refractivity contribution < 1.29 is 4.79 Å². The van der Waals surface area contributed by atoms with Gasteiger partial charge in [-0.15, -0.1) is 24.0 Å². The van der Waals surface area contributed by atoms with Crippen molar-refractivity contribution >= 4 is 46.7 Å². The summed E-state index contributed by atoms with van der Waals surface area (Å²) in [7, 11) is 3.49. The number of hydrogen-bond donors (Lipinski definition) is 2. The summed E-state index contributed by atoms with van der Waals surface area (Å²) in [4.78, 5) is 17.7. The van der Waals surface area contributed by atoms with Crippen LogP contribution in [0.3, 0.4) is 0 Å². The van der Waals surface area contributed by atoms with E-state index in [1.807, 2.05) is 0 Å². The highest BCUT2D eigenvalue weighted by molar-refractivity contribution is 14.0. The summed E-state index contributed by atoms with van der Waals surface area (Å²) < 4.78 is 2.27. The van der Waals surface area contributed by atoms with Crippen molar-refractivity contribution in [1.29, 1.82) is 0 Å². The number of rotatable bonds is 9. The number of nitrogens with zero attached hydrogens (tertiary/aromatic N) is 3. The normalized spacial score (nSPS) is 11.1. The molecule has 0 aliphatic heterocycles. The minimum atomic E-state index is 0. The second kappa shape index (κ2) is 12.6. The molecule has 0 bridgehead atoms. The number of aliphatic imine (C=N–C) groups is 1. The average molecular weight is 485 g/mol. The SMILES string of the molecule is CCCCNC(=NCC(=O)N(C)C)NCCCn1ccc2ccccc21.I. The lowest BCUT2D eigenvalue weighted by Gasteiger charge is -2.14. The van der Waals surface area contributed by atoms with Gasteiger partial charge in [0.1, 0.15) is 6.54 Å². The Labute approximate surface area is 179 Å². The Morgan fingerprint density at radius 2 is 1.81 bits per heavy atom. The maximum atomic E-state index is 11.7. The number of likely N-dealkylation sites (N-methyl/N-ethyl adjacent to an activating group) is 1. The lowest BCUT2D eigenvalue weighted by atomic mass is 10.2. The molecule has 2 N–H and O–H groups in total. The van der Waals surface area contributed by atoms with Crippen molar-refractivity contribution in [2.75, 3.05) is 33.7 Å². The van der Waals surface area contributed by atoms with Crippen LogP contribution in [0, 0.1) is 0 Å². The van der Waals surface area contributed by atoms with E-state index in [2.05, 4.69) is 63.6 Å². The van der Waals surface area contributed by atoms with Crippen LogP contribution in [-0.2, 0) is 11.3 Å². The summed E-state index contributed by atoms with van der Waals surface area (Å²) in [5, 5.41) is 7.91. The van der Waals surface area contributed by atoms with Gasteiger partial charge in [-0.25, -0.2) is 4.99 Å². The molecule has 0 fully saturated rings. The van der Waals surface area contributed by atoms with Crippen molar-refractivity contribution in [1.82, 2.24) is 20.1 Å². The molecule has 6 nitrogen and oxygen atoms in total. The fourth-order valence-electron chi connectivity index (χ4n) is 2.64. The summed E-state index contributed by atoms with van der Waals surface area (Å²) >= 11 is 0. The van der Waals surface area contributed by atoms with Gasteiger partial charge >= 0.3 is 0 Å². The number of hydrogen-bond acceptors (Lipinski definition) is 2. The Morgan fingerprint density at radius 3 is 2.52 bits per heavy atom. The zero-order chi connectivity index (χ0) is 18.8. The molecule has 27 heavy (non-hydrogen) atoms. The van der Waals surface area contributed by atoms with Gasteiger partial charge in [-0.05, 0) is 30.4 Å². The number of guanidine groups is 1. The Balaban J connectivity index is 0.00000364. The van der Waals surface area contributed by atoms with Crippen molar-refractivity contribution in [2.45, 2.75) is 32.7 Å². The number of aryl methyl sites for hydroxylation is 1.